The predicted molar refractivity (Wildman–Crippen MR) is 98.8 cm³/mol. The lowest BCUT2D eigenvalue weighted by atomic mass is 10.0. The van der Waals surface area contributed by atoms with Crippen molar-refractivity contribution in [3.8, 4) is 5.75 Å². The van der Waals surface area contributed by atoms with E-state index in [0.717, 1.165) is 37.4 Å². The van der Waals surface area contributed by atoms with Crippen molar-refractivity contribution in [2.24, 2.45) is 0 Å². The van der Waals surface area contributed by atoms with Gasteiger partial charge in [0, 0.05) is 18.8 Å². The van der Waals surface area contributed by atoms with Crippen LogP contribution in [0.3, 0.4) is 0 Å². The third-order valence-electron chi connectivity index (χ3n) is 4.46. The van der Waals surface area contributed by atoms with Crippen molar-refractivity contribution in [3.63, 3.8) is 0 Å². The van der Waals surface area contributed by atoms with E-state index in [1.165, 1.54) is 11.1 Å². The summed E-state index contributed by atoms with van der Waals surface area (Å²) in [6, 6.07) is 17.0. The summed E-state index contributed by atoms with van der Waals surface area (Å²) in [5, 5.41) is 3.45. The molecule has 1 heterocycles. The molecule has 1 aliphatic rings. The van der Waals surface area contributed by atoms with Gasteiger partial charge in [-0.25, -0.2) is 0 Å². The summed E-state index contributed by atoms with van der Waals surface area (Å²) in [5.74, 6) is 1.48. The molecule has 1 N–H and O–H groups in total. The highest BCUT2D eigenvalue weighted by Crippen LogP contribution is 2.19. The van der Waals surface area contributed by atoms with E-state index < -0.39 is 0 Å². The molecule has 0 bridgehead atoms. The predicted octanol–water partition coefficient (Wildman–Crippen LogP) is 4.98. The molecule has 0 radical (unpaired) electrons. The highest BCUT2D eigenvalue weighted by Gasteiger charge is 2.15. The van der Waals surface area contributed by atoms with Gasteiger partial charge < -0.3 is 14.8 Å². The zero-order valence-electron chi connectivity index (χ0n) is 14.6. The Bertz CT molecular complexity index is 613. The van der Waals surface area contributed by atoms with Crippen LogP contribution in [0.15, 0.2) is 48.5 Å². The maximum Gasteiger partial charge on any atom is 0.119 e. The normalized spacial score (nSPS) is 17.2. The fraction of sp³-hybridized carbons (Fsp3) is 0.429. The minimum absolute atomic E-state index is 0.261. The Morgan fingerprint density at radius 2 is 1.83 bits per heavy atom. The van der Waals surface area contributed by atoms with Gasteiger partial charge in [-0.2, -0.15) is 0 Å². The molecule has 0 amide bonds. The van der Waals surface area contributed by atoms with Crippen molar-refractivity contribution in [3.05, 3.63) is 59.7 Å². The average Bonchev–Trinajstić information content (AvgIpc) is 3.13. The van der Waals surface area contributed by atoms with Crippen molar-refractivity contribution < 1.29 is 9.47 Å². The molecule has 0 spiro atoms. The van der Waals surface area contributed by atoms with Gasteiger partial charge in [-0.05, 0) is 54.2 Å². The number of benzene rings is 2. The Labute approximate surface area is 145 Å². The molecule has 3 rings (SSSR count). The minimum Gasteiger partial charge on any atom is -0.491 e. The summed E-state index contributed by atoms with van der Waals surface area (Å²) >= 11 is 0. The van der Waals surface area contributed by atoms with Crippen molar-refractivity contribution in [1.82, 2.24) is 0 Å². The van der Waals surface area contributed by atoms with E-state index in [1.807, 2.05) is 12.1 Å². The molecule has 0 aromatic heterocycles. The maximum atomic E-state index is 5.79. The zero-order chi connectivity index (χ0) is 16.8. The Balaban J connectivity index is 1.46. The van der Waals surface area contributed by atoms with Crippen molar-refractivity contribution in [1.29, 1.82) is 0 Å². The largest absolute Gasteiger partial charge is 0.491 e. The first-order valence-electron chi connectivity index (χ1n) is 8.88. The smallest absolute Gasteiger partial charge is 0.119 e. The van der Waals surface area contributed by atoms with E-state index in [2.05, 4.69) is 55.6 Å². The van der Waals surface area contributed by atoms with E-state index in [4.69, 9.17) is 9.47 Å². The van der Waals surface area contributed by atoms with Crippen LogP contribution in [0.25, 0.3) is 0 Å². The van der Waals surface area contributed by atoms with Crippen LogP contribution < -0.4 is 10.1 Å². The van der Waals surface area contributed by atoms with Crippen LogP contribution in [0, 0.1) is 0 Å². The SMILES string of the molecule is CC(C)c1ccc(CNc2ccc(OC[C@H]3CCCO3)cc2)cc1. The molecular formula is C21H27NO2. The highest BCUT2D eigenvalue weighted by atomic mass is 16.5. The van der Waals surface area contributed by atoms with Gasteiger partial charge in [0.25, 0.3) is 0 Å². The summed E-state index contributed by atoms with van der Waals surface area (Å²) in [5.41, 5.74) is 3.78. The van der Waals surface area contributed by atoms with Crippen LogP contribution in [0.5, 0.6) is 5.75 Å². The summed E-state index contributed by atoms with van der Waals surface area (Å²) in [7, 11) is 0. The molecule has 24 heavy (non-hydrogen) atoms. The van der Waals surface area contributed by atoms with Crippen LogP contribution >= 0.6 is 0 Å². The van der Waals surface area contributed by atoms with Crippen molar-refractivity contribution >= 4 is 5.69 Å². The first kappa shape index (κ1) is 16.8. The van der Waals surface area contributed by atoms with Crippen LogP contribution in [0.1, 0.15) is 43.7 Å². The molecule has 1 fully saturated rings. The van der Waals surface area contributed by atoms with Crippen LogP contribution in [-0.4, -0.2) is 19.3 Å². The number of ether oxygens (including phenoxy) is 2. The Morgan fingerprint density at radius 1 is 1.08 bits per heavy atom. The summed E-state index contributed by atoms with van der Waals surface area (Å²) in [4.78, 5) is 0. The first-order valence-corrected chi connectivity index (χ1v) is 8.88. The summed E-state index contributed by atoms with van der Waals surface area (Å²) < 4.78 is 11.4. The molecule has 1 aliphatic heterocycles. The molecule has 0 aliphatic carbocycles. The monoisotopic (exact) mass is 325 g/mol. The Morgan fingerprint density at radius 3 is 2.46 bits per heavy atom. The van der Waals surface area contributed by atoms with E-state index in [1.54, 1.807) is 0 Å². The number of anilines is 1. The quantitative estimate of drug-likeness (QED) is 0.779. The van der Waals surface area contributed by atoms with Crippen molar-refractivity contribution in [2.45, 2.75) is 45.3 Å². The minimum atomic E-state index is 0.261. The molecule has 128 valence electrons. The molecule has 2 aromatic rings. The van der Waals surface area contributed by atoms with E-state index in [9.17, 15) is 0 Å². The van der Waals surface area contributed by atoms with Crippen LogP contribution in [-0.2, 0) is 11.3 Å². The lowest BCUT2D eigenvalue weighted by Crippen LogP contribution is -2.16. The summed E-state index contributed by atoms with van der Waals surface area (Å²) in [6.45, 7) is 6.78. The summed E-state index contributed by atoms with van der Waals surface area (Å²) in [6.07, 6.45) is 2.51. The first-order chi connectivity index (χ1) is 11.7. The molecule has 1 saturated heterocycles. The van der Waals surface area contributed by atoms with Gasteiger partial charge in [0.2, 0.25) is 0 Å². The van der Waals surface area contributed by atoms with E-state index in [-0.39, 0.29) is 6.10 Å². The molecular weight excluding hydrogens is 298 g/mol. The van der Waals surface area contributed by atoms with Crippen molar-refractivity contribution in [2.75, 3.05) is 18.5 Å². The number of hydrogen-bond acceptors (Lipinski definition) is 3. The van der Waals surface area contributed by atoms with E-state index in [0.29, 0.717) is 12.5 Å². The lowest BCUT2D eigenvalue weighted by molar-refractivity contribution is 0.0679. The molecule has 0 saturated carbocycles. The number of hydrogen-bond donors (Lipinski definition) is 1. The van der Waals surface area contributed by atoms with Gasteiger partial charge in [-0.15, -0.1) is 0 Å². The topological polar surface area (TPSA) is 30.5 Å². The molecule has 0 unspecified atom stereocenters. The highest BCUT2D eigenvalue weighted by molar-refractivity contribution is 5.46. The third-order valence-corrected chi connectivity index (χ3v) is 4.46. The van der Waals surface area contributed by atoms with Gasteiger partial charge in [0.15, 0.2) is 0 Å². The fourth-order valence-corrected chi connectivity index (χ4v) is 2.86. The number of nitrogens with one attached hydrogen (secondary N) is 1. The van der Waals surface area contributed by atoms with Gasteiger partial charge in [-0.1, -0.05) is 38.1 Å². The second kappa shape index (κ2) is 8.20. The average molecular weight is 325 g/mol. The molecule has 3 heteroatoms. The zero-order valence-corrected chi connectivity index (χ0v) is 14.6. The van der Waals surface area contributed by atoms with Crippen LogP contribution in [0.2, 0.25) is 0 Å². The van der Waals surface area contributed by atoms with Gasteiger partial charge >= 0.3 is 0 Å². The molecule has 2 aromatic carbocycles. The lowest BCUT2D eigenvalue weighted by Gasteiger charge is -2.12. The fourth-order valence-electron chi connectivity index (χ4n) is 2.86. The van der Waals surface area contributed by atoms with Crippen LogP contribution in [0.4, 0.5) is 5.69 Å². The Hall–Kier alpha value is -2.00. The second-order valence-electron chi connectivity index (χ2n) is 6.72. The molecule has 3 nitrogen and oxygen atoms in total. The van der Waals surface area contributed by atoms with Gasteiger partial charge in [-0.3, -0.25) is 0 Å². The van der Waals surface area contributed by atoms with E-state index >= 15 is 0 Å². The maximum absolute atomic E-state index is 5.79. The number of rotatable bonds is 7. The Kier molecular flexibility index (Phi) is 5.76. The van der Waals surface area contributed by atoms with Gasteiger partial charge in [0.05, 0.1) is 6.10 Å². The standard InChI is InChI=1S/C21H27NO2/c1-16(2)18-7-5-17(6-8-18)14-22-19-9-11-20(12-10-19)24-15-21-4-3-13-23-21/h5-12,16,21-22H,3-4,13-15H2,1-2H3/t21-/m1/s1. The second-order valence-corrected chi connectivity index (χ2v) is 6.72. The third kappa shape index (κ3) is 4.75. The molecule has 1 atom stereocenters. The van der Waals surface area contributed by atoms with Gasteiger partial charge in [0.1, 0.15) is 12.4 Å².